The lowest BCUT2D eigenvalue weighted by molar-refractivity contribution is -0.165. The largest absolute Gasteiger partial charge is 0.342 e. The third-order valence-corrected chi connectivity index (χ3v) is 9.26. The van der Waals surface area contributed by atoms with E-state index >= 15 is 0 Å². The summed E-state index contributed by atoms with van der Waals surface area (Å²) in [5.41, 5.74) is 7.45. The van der Waals surface area contributed by atoms with Gasteiger partial charge in [0.25, 0.3) is 5.92 Å². The van der Waals surface area contributed by atoms with E-state index in [0.717, 1.165) is 63.9 Å². The second-order valence-electron chi connectivity index (χ2n) is 13.5. The average Bonchev–Trinajstić information content (AvgIpc) is 3.69. The number of anilines is 2. The maximum absolute atomic E-state index is 12.9. The van der Waals surface area contributed by atoms with Crippen LogP contribution in [0.1, 0.15) is 31.4 Å². The molecule has 2 aliphatic rings. The van der Waals surface area contributed by atoms with Gasteiger partial charge in [-0.05, 0) is 40.8 Å². The molecule has 14 heteroatoms. The van der Waals surface area contributed by atoms with Crippen molar-refractivity contribution in [2.45, 2.75) is 39.0 Å². The first-order valence-electron chi connectivity index (χ1n) is 17.5. The molecule has 2 aliphatic heterocycles. The van der Waals surface area contributed by atoms with Crippen LogP contribution >= 0.6 is 0 Å². The Morgan fingerprint density at radius 2 is 1.07 bits per heavy atom. The molecule has 4 aromatic heterocycles. The Hall–Kier alpha value is -6.44. The van der Waals surface area contributed by atoms with Gasteiger partial charge in [0.1, 0.15) is 0 Å². The number of pyridine rings is 2. The molecule has 2 N–H and O–H groups in total. The molecule has 54 heavy (non-hydrogen) atoms. The van der Waals surface area contributed by atoms with Gasteiger partial charge in [0.05, 0.1) is 37.0 Å². The molecule has 276 valence electrons. The molecule has 6 heterocycles. The van der Waals surface area contributed by atoms with Gasteiger partial charge in [0.2, 0.25) is 23.6 Å². The van der Waals surface area contributed by atoms with Crippen LogP contribution in [-0.2, 0) is 32.0 Å². The van der Waals surface area contributed by atoms with Crippen LogP contribution in [-0.4, -0.2) is 84.8 Å². The molecule has 6 aromatic rings. The molecule has 0 radical (unpaired) electrons. The lowest BCUT2D eigenvalue weighted by Gasteiger charge is -2.38. The van der Waals surface area contributed by atoms with Gasteiger partial charge in [-0.2, -0.15) is 10.2 Å². The highest BCUT2D eigenvalue weighted by molar-refractivity contribution is 5.91. The van der Waals surface area contributed by atoms with Gasteiger partial charge in [-0.15, -0.1) is 0 Å². The predicted octanol–water partition coefficient (Wildman–Crippen LogP) is 5.71. The van der Waals surface area contributed by atoms with Crippen LogP contribution in [0.2, 0.25) is 0 Å². The minimum absolute atomic E-state index is 0.0971. The van der Waals surface area contributed by atoms with Crippen LogP contribution < -0.4 is 10.6 Å². The van der Waals surface area contributed by atoms with Crippen molar-refractivity contribution in [1.82, 2.24) is 29.0 Å². The van der Waals surface area contributed by atoms with Crippen molar-refractivity contribution in [3.05, 3.63) is 108 Å². The number of hydrogen-bond acceptors (Lipinski definition) is 6. The highest BCUT2D eigenvalue weighted by Crippen LogP contribution is 2.30. The van der Waals surface area contributed by atoms with E-state index in [-0.39, 0.29) is 30.0 Å². The summed E-state index contributed by atoms with van der Waals surface area (Å²) in [7, 11) is 0. The normalized spacial score (nSPS) is 14.4. The van der Waals surface area contributed by atoms with Crippen LogP contribution in [0.5, 0.6) is 0 Å². The van der Waals surface area contributed by atoms with Crippen LogP contribution in [0.4, 0.5) is 20.4 Å². The van der Waals surface area contributed by atoms with E-state index in [0.29, 0.717) is 18.1 Å². The molecule has 0 aliphatic carbocycles. The van der Waals surface area contributed by atoms with Crippen LogP contribution in [0.15, 0.2) is 97.3 Å². The predicted molar refractivity (Wildman–Crippen MR) is 200 cm³/mol. The average molecular weight is 733 g/mol. The zero-order chi connectivity index (χ0) is 38.0. The third kappa shape index (κ3) is 8.12. The molecule has 0 unspecified atom stereocenters. The van der Waals surface area contributed by atoms with E-state index in [4.69, 9.17) is 0 Å². The van der Waals surface area contributed by atoms with Gasteiger partial charge in [-0.3, -0.25) is 19.2 Å². The van der Waals surface area contributed by atoms with Crippen molar-refractivity contribution in [1.29, 1.82) is 0 Å². The van der Waals surface area contributed by atoms with Gasteiger partial charge >= 0.3 is 0 Å². The Balaban J connectivity index is 0.000000167. The minimum Gasteiger partial charge on any atom is -0.342 e. The van der Waals surface area contributed by atoms with Crippen molar-refractivity contribution in [3.63, 3.8) is 0 Å². The summed E-state index contributed by atoms with van der Waals surface area (Å²) in [4.78, 5) is 49.7. The van der Waals surface area contributed by atoms with Gasteiger partial charge in [0, 0.05) is 62.6 Å². The van der Waals surface area contributed by atoms with Gasteiger partial charge in [-0.1, -0.05) is 60.7 Å². The Morgan fingerprint density at radius 3 is 1.44 bits per heavy atom. The van der Waals surface area contributed by atoms with E-state index in [1.54, 1.807) is 21.3 Å². The quantitative estimate of drug-likeness (QED) is 0.206. The summed E-state index contributed by atoms with van der Waals surface area (Å²) in [6.45, 7) is 3.67. The van der Waals surface area contributed by atoms with Gasteiger partial charge in [-0.25, -0.2) is 17.8 Å². The number of amides is 4. The molecule has 12 nitrogen and oxygen atoms in total. The Kier molecular flexibility index (Phi) is 9.91. The topological polar surface area (TPSA) is 133 Å². The number of carbonyl (C=O) groups excluding carboxylic acids is 4. The Morgan fingerprint density at radius 1 is 0.648 bits per heavy atom. The summed E-state index contributed by atoms with van der Waals surface area (Å²) in [5, 5.41) is 14.1. The van der Waals surface area contributed by atoms with Gasteiger partial charge in [0.15, 0.2) is 11.6 Å². The summed E-state index contributed by atoms with van der Waals surface area (Å²) < 4.78 is 29.2. The first kappa shape index (κ1) is 35.9. The lowest BCUT2D eigenvalue weighted by Crippen LogP contribution is -2.58. The molecule has 2 fully saturated rings. The fourth-order valence-corrected chi connectivity index (χ4v) is 6.43. The van der Waals surface area contributed by atoms with Gasteiger partial charge < -0.3 is 20.4 Å². The summed E-state index contributed by atoms with van der Waals surface area (Å²) in [6, 6.07) is 26.9. The maximum Gasteiger partial charge on any atom is 0.282 e. The second-order valence-corrected chi connectivity index (χ2v) is 13.5. The lowest BCUT2D eigenvalue weighted by atomic mass is 10.0. The number of fused-ring (bicyclic) bond motifs is 2. The monoisotopic (exact) mass is 732 g/mol. The van der Waals surface area contributed by atoms with Crippen LogP contribution in [0.25, 0.3) is 33.3 Å². The maximum atomic E-state index is 12.9. The van der Waals surface area contributed by atoms with Crippen LogP contribution in [0, 0.1) is 0 Å². The molecule has 0 saturated carbocycles. The number of nitrogens with one attached hydrogen (secondary N) is 2. The van der Waals surface area contributed by atoms with E-state index in [1.807, 2.05) is 90.0 Å². The summed E-state index contributed by atoms with van der Waals surface area (Å²) in [5.74, 6) is -2.20. The molecular formula is C40H38F2N8O4. The Bertz CT molecular complexity index is 2360. The molecular weight excluding hydrogens is 694 g/mol. The van der Waals surface area contributed by atoms with Crippen molar-refractivity contribution >= 4 is 46.3 Å². The molecule has 8 rings (SSSR count). The van der Waals surface area contributed by atoms with E-state index in [9.17, 15) is 28.0 Å². The van der Waals surface area contributed by atoms with Crippen molar-refractivity contribution in [3.8, 4) is 22.3 Å². The fraction of sp³-hybridized carbons (Fsp3) is 0.250. The molecule has 4 amide bonds. The summed E-state index contributed by atoms with van der Waals surface area (Å²) >= 11 is 0. The first-order chi connectivity index (χ1) is 25.9. The van der Waals surface area contributed by atoms with E-state index in [1.165, 1.54) is 18.7 Å². The SMILES string of the molecule is CC(=O)Nc1cc2c(-c3ccc(CC(=O)N4CC(F)(F)C4)cc3)cccn2n1.CC(=O)Nc1cc2c(-c3ccc(CC(=O)N4CCC4)cc3)cccn2n1. The molecule has 0 atom stereocenters. The number of carbonyl (C=O) groups is 4. The zero-order valence-electron chi connectivity index (χ0n) is 29.8. The summed E-state index contributed by atoms with van der Waals surface area (Å²) in [6.07, 6.45) is 5.30. The van der Waals surface area contributed by atoms with Crippen molar-refractivity contribution in [2.75, 3.05) is 36.8 Å². The standard InChI is InChI=1S/C20H18F2N4O2.C20H20N4O2/c1-13(27)23-18-10-17-16(3-2-8-26(17)24-18)15-6-4-14(5-7-15)9-19(28)25-11-20(21,22)12-25;1-14(25)21-19-13-18-17(4-2-11-24(18)22-19)16-7-5-15(6-8-16)12-20(26)23-9-3-10-23/h2-8,10H,9,11-12H2,1H3,(H,23,24,27);2,4-8,11,13H,3,9-10,12H2,1H3,(H,21,22,25). The number of halogens is 2. The number of nitrogens with zero attached hydrogens (tertiary/aromatic N) is 6. The van der Waals surface area contributed by atoms with Crippen molar-refractivity contribution < 1.29 is 28.0 Å². The van der Waals surface area contributed by atoms with E-state index < -0.39 is 19.0 Å². The molecule has 2 aromatic carbocycles. The number of alkyl halides is 2. The van der Waals surface area contributed by atoms with Crippen molar-refractivity contribution in [2.24, 2.45) is 0 Å². The molecule has 0 bridgehead atoms. The highest BCUT2D eigenvalue weighted by Gasteiger charge is 2.45. The minimum atomic E-state index is -2.75. The number of aromatic nitrogens is 4. The molecule has 0 spiro atoms. The number of hydrogen-bond donors (Lipinski definition) is 2. The molecule has 2 saturated heterocycles. The van der Waals surface area contributed by atoms with E-state index in [2.05, 4.69) is 20.8 Å². The smallest absolute Gasteiger partial charge is 0.282 e. The second kappa shape index (κ2) is 14.9. The first-order valence-corrected chi connectivity index (χ1v) is 17.5. The van der Waals surface area contributed by atoms with Crippen LogP contribution in [0.3, 0.4) is 0 Å². The number of benzene rings is 2. The fourth-order valence-electron chi connectivity index (χ4n) is 6.43. The number of rotatable bonds is 8. The third-order valence-electron chi connectivity index (χ3n) is 9.26. The number of likely N-dealkylation sites (tertiary alicyclic amines) is 2. The highest BCUT2D eigenvalue weighted by atomic mass is 19.3. The Labute approximate surface area is 309 Å². The zero-order valence-corrected chi connectivity index (χ0v) is 29.8.